The summed E-state index contributed by atoms with van der Waals surface area (Å²) in [5, 5.41) is 13.1. The molecule has 0 saturated carbocycles. The minimum atomic E-state index is -0.508. The van der Waals surface area contributed by atoms with E-state index in [1.54, 1.807) is 6.07 Å². The highest BCUT2D eigenvalue weighted by Gasteiger charge is 1.99. The van der Waals surface area contributed by atoms with Crippen LogP contribution in [0.3, 0.4) is 0 Å². The first-order chi connectivity index (χ1) is 6.22. The van der Waals surface area contributed by atoms with E-state index in [2.05, 4.69) is 15.0 Å². The fourth-order valence-electron chi connectivity index (χ4n) is 0.762. The van der Waals surface area contributed by atoms with Crippen molar-refractivity contribution in [3.05, 3.63) is 23.9 Å². The van der Waals surface area contributed by atoms with Gasteiger partial charge in [-0.25, -0.2) is 9.78 Å². The van der Waals surface area contributed by atoms with Crippen LogP contribution >= 0.6 is 0 Å². The van der Waals surface area contributed by atoms with E-state index in [9.17, 15) is 9.90 Å². The van der Waals surface area contributed by atoms with E-state index in [1.807, 2.05) is 0 Å². The third kappa shape index (κ3) is 2.98. The number of rotatable bonds is 2. The van der Waals surface area contributed by atoms with E-state index in [0.717, 1.165) is 5.56 Å². The van der Waals surface area contributed by atoms with Gasteiger partial charge in [0.25, 0.3) is 5.88 Å². The molecule has 1 radical (unpaired) electrons. The summed E-state index contributed by atoms with van der Waals surface area (Å²) in [6.07, 6.45) is 0.907. The lowest BCUT2D eigenvalue weighted by Crippen LogP contribution is -2.22. The Bertz CT molecular complexity index is 284. The van der Waals surface area contributed by atoms with Gasteiger partial charge in [-0.15, -0.1) is 0 Å². The lowest BCUT2D eigenvalue weighted by Gasteiger charge is -2.02. The summed E-state index contributed by atoms with van der Waals surface area (Å²) < 4.78 is 4.36. The molecule has 0 fully saturated rings. The topological polar surface area (TPSA) is 71.1 Å². The predicted molar refractivity (Wildman–Crippen MR) is 43.6 cm³/mol. The quantitative estimate of drug-likeness (QED) is 0.742. The number of hydrogen-bond donors (Lipinski definition) is 1. The monoisotopic (exact) mass is 181 g/mol. The van der Waals surface area contributed by atoms with Crippen molar-refractivity contribution in [1.29, 1.82) is 0 Å². The first kappa shape index (κ1) is 9.31. The number of carbonyl (C=O) groups is 1. The highest BCUT2D eigenvalue weighted by molar-refractivity contribution is 5.66. The zero-order valence-corrected chi connectivity index (χ0v) is 7.11. The molecule has 5 heteroatoms. The van der Waals surface area contributed by atoms with E-state index >= 15 is 0 Å². The molecular formula is C8H9N2O3. The van der Waals surface area contributed by atoms with E-state index < -0.39 is 6.09 Å². The zero-order chi connectivity index (χ0) is 9.68. The van der Waals surface area contributed by atoms with Crippen molar-refractivity contribution >= 4 is 6.09 Å². The van der Waals surface area contributed by atoms with Crippen molar-refractivity contribution in [2.24, 2.45) is 0 Å². The Morgan fingerprint density at radius 1 is 1.62 bits per heavy atom. The standard InChI is InChI=1S/C8H9N2O3/c1-13-8(12)10-5-6-2-3-7(11)9-4-6/h2-4H,5H2,1H3,(H,10,12). The van der Waals surface area contributed by atoms with Gasteiger partial charge in [-0.2, -0.15) is 0 Å². The first-order valence-electron chi connectivity index (χ1n) is 3.66. The van der Waals surface area contributed by atoms with Crippen LogP contribution in [0, 0.1) is 0 Å². The highest BCUT2D eigenvalue weighted by atomic mass is 16.5. The van der Waals surface area contributed by atoms with Gasteiger partial charge in [-0.3, -0.25) is 5.11 Å². The summed E-state index contributed by atoms with van der Waals surface area (Å²) in [6.45, 7) is 0.306. The van der Waals surface area contributed by atoms with Gasteiger partial charge in [0, 0.05) is 18.8 Å². The predicted octanol–water partition coefficient (Wildman–Crippen LogP) is 1.08. The molecule has 0 aliphatic carbocycles. The van der Waals surface area contributed by atoms with Crippen LogP contribution in [0.1, 0.15) is 5.56 Å². The Morgan fingerprint density at radius 3 is 2.92 bits per heavy atom. The number of pyridine rings is 1. The van der Waals surface area contributed by atoms with Gasteiger partial charge in [-0.05, 0) is 5.56 Å². The first-order valence-corrected chi connectivity index (χ1v) is 3.66. The molecular weight excluding hydrogens is 172 g/mol. The molecule has 69 valence electrons. The maximum Gasteiger partial charge on any atom is 0.407 e. The third-order valence-corrected chi connectivity index (χ3v) is 1.42. The van der Waals surface area contributed by atoms with Crippen LogP contribution in [0.25, 0.3) is 0 Å². The second kappa shape index (κ2) is 4.30. The molecule has 5 nitrogen and oxygen atoms in total. The van der Waals surface area contributed by atoms with Crippen LogP contribution in [-0.4, -0.2) is 18.2 Å². The molecule has 1 aromatic heterocycles. The number of carbonyl (C=O) groups excluding carboxylic acids is 1. The minimum Gasteiger partial charge on any atom is -0.453 e. The molecule has 0 saturated heterocycles. The molecule has 1 amide bonds. The van der Waals surface area contributed by atoms with E-state index in [-0.39, 0.29) is 5.88 Å². The minimum absolute atomic E-state index is 0.290. The largest absolute Gasteiger partial charge is 0.453 e. The maximum atomic E-state index is 10.6. The summed E-state index contributed by atoms with van der Waals surface area (Å²) >= 11 is 0. The van der Waals surface area contributed by atoms with Gasteiger partial charge >= 0.3 is 6.09 Å². The Hall–Kier alpha value is -1.78. The van der Waals surface area contributed by atoms with Crippen molar-refractivity contribution in [3.8, 4) is 5.88 Å². The fraction of sp³-hybridized carbons (Fsp3) is 0.250. The second-order valence-electron chi connectivity index (χ2n) is 2.35. The number of nitrogens with one attached hydrogen (secondary N) is 1. The molecule has 0 spiro atoms. The molecule has 0 unspecified atom stereocenters. The Balaban J connectivity index is 2.46. The molecule has 1 heterocycles. The zero-order valence-electron chi connectivity index (χ0n) is 7.11. The normalized spacial score (nSPS) is 9.31. The molecule has 0 aliphatic heterocycles. The lowest BCUT2D eigenvalue weighted by molar-refractivity contribution is 0.170. The van der Waals surface area contributed by atoms with Gasteiger partial charge in [0.05, 0.1) is 7.11 Å². The molecule has 0 atom stereocenters. The van der Waals surface area contributed by atoms with Crippen molar-refractivity contribution < 1.29 is 14.6 Å². The van der Waals surface area contributed by atoms with E-state index in [0.29, 0.717) is 6.54 Å². The van der Waals surface area contributed by atoms with E-state index in [4.69, 9.17) is 0 Å². The summed E-state index contributed by atoms with van der Waals surface area (Å²) in [7, 11) is 1.29. The summed E-state index contributed by atoms with van der Waals surface area (Å²) in [6, 6.07) is 2.94. The van der Waals surface area contributed by atoms with Crippen molar-refractivity contribution in [1.82, 2.24) is 10.3 Å². The van der Waals surface area contributed by atoms with Crippen LogP contribution in [0.4, 0.5) is 4.79 Å². The third-order valence-electron chi connectivity index (χ3n) is 1.42. The number of ether oxygens (including phenoxy) is 1. The Morgan fingerprint density at radius 2 is 2.38 bits per heavy atom. The second-order valence-corrected chi connectivity index (χ2v) is 2.35. The van der Waals surface area contributed by atoms with Crippen LogP contribution < -0.4 is 5.32 Å². The van der Waals surface area contributed by atoms with Gasteiger partial charge in [-0.1, -0.05) is 6.07 Å². The number of methoxy groups -OCH3 is 1. The molecule has 1 aromatic rings. The molecule has 1 N–H and O–H groups in total. The SMILES string of the molecule is COC(=O)NCc1ccc([O])nc1. The molecule has 0 aromatic carbocycles. The van der Waals surface area contributed by atoms with Crippen LogP contribution in [-0.2, 0) is 16.4 Å². The number of aromatic nitrogens is 1. The molecule has 1 rings (SSSR count). The van der Waals surface area contributed by atoms with Crippen LogP contribution in [0.5, 0.6) is 5.88 Å². The molecule has 0 aliphatic rings. The number of hydrogen-bond acceptors (Lipinski definition) is 3. The van der Waals surface area contributed by atoms with Gasteiger partial charge < -0.3 is 10.1 Å². The number of alkyl carbamates (subject to hydrolysis) is 1. The fourth-order valence-corrected chi connectivity index (χ4v) is 0.762. The maximum absolute atomic E-state index is 10.6. The van der Waals surface area contributed by atoms with Crippen LogP contribution in [0.15, 0.2) is 18.3 Å². The molecule has 0 bridgehead atoms. The van der Waals surface area contributed by atoms with Crippen molar-refractivity contribution in [2.75, 3.05) is 7.11 Å². The summed E-state index contributed by atoms with van der Waals surface area (Å²) in [5.41, 5.74) is 0.755. The van der Waals surface area contributed by atoms with Crippen LogP contribution in [0.2, 0.25) is 0 Å². The number of nitrogens with zero attached hydrogens (tertiary/aromatic N) is 1. The smallest absolute Gasteiger partial charge is 0.407 e. The van der Waals surface area contributed by atoms with Gasteiger partial charge in [0.2, 0.25) is 0 Å². The van der Waals surface area contributed by atoms with E-state index in [1.165, 1.54) is 19.4 Å². The van der Waals surface area contributed by atoms with Gasteiger partial charge in [0.1, 0.15) is 0 Å². The Kier molecular flexibility index (Phi) is 3.08. The van der Waals surface area contributed by atoms with Crippen molar-refractivity contribution in [3.63, 3.8) is 0 Å². The van der Waals surface area contributed by atoms with Gasteiger partial charge in [0.15, 0.2) is 0 Å². The van der Waals surface area contributed by atoms with Crippen molar-refractivity contribution in [2.45, 2.75) is 6.54 Å². The lowest BCUT2D eigenvalue weighted by atomic mass is 10.3. The summed E-state index contributed by atoms with van der Waals surface area (Å²) in [5.74, 6) is -0.290. The Labute approximate surface area is 75.4 Å². The number of amides is 1. The summed E-state index contributed by atoms with van der Waals surface area (Å²) in [4.78, 5) is 14.2. The average Bonchev–Trinajstić information content (AvgIpc) is 2.16. The molecule has 13 heavy (non-hydrogen) atoms. The highest BCUT2D eigenvalue weighted by Crippen LogP contribution is 2.05. The average molecular weight is 181 g/mol.